The number of methoxy groups -OCH3 is 1. The highest BCUT2D eigenvalue weighted by molar-refractivity contribution is 6.28. The van der Waals surface area contributed by atoms with Gasteiger partial charge in [-0.3, -0.25) is 0 Å². The van der Waals surface area contributed by atoms with Crippen LogP contribution in [0.3, 0.4) is 0 Å². The van der Waals surface area contributed by atoms with Crippen LogP contribution in [0.4, 0.5) is 11.9 Å². The fraction of sp³-hybridized carbons (Fsp3) is 0.750. The number of halogens is 1. The van der Waals surface area contributed by atoms with Gasteiger partial charge in [0.05, 0.1) is 5.60 Å². The van der Waals surface area contributed by atoms with Crippen LogP contribution in [0.5, 0.6) is 0 Å². The number of ether oxygens (including phenoxy) is 1. The molecule has 0 amide bonds. The van der Waals surface area contributed by atoms with Crippen molar-refractivity contribution in [2.24, 2.45) is 0 Å². The molecule has 0 radical (unpaired) electrons. The first-order valence-electron chi connectivity index (χ1n) is 6.52. The predicted molar refractivity (Wildman–Crippen MR) is 75.9 cm³/mol. The summed E-state index contributed by atoms with van der Waals surface area (Å²) in [6, 6.07) is 0. The van der Waals surface area contributed by atoms with E-state index in [1.165, 1.54) is 0 Å². The molecule has 0 saturated carbocycles. The standard InChI is InChI=1S/C12H20ClN5O/c1-4-14-10-15-9(13)16-11(17-10)18-7-5-6-12(2,8-18)19-3/h4-8H2,1-3H3,(H,14,15,16,17). The quantitative estimate of drug-likeness (QED) is 0.912. The summed E-state index contributed by atoms with van der Waals surface area (Å²) < 4.78 is 5.58. The number of rotatable bonds is 4. The van der Waals surface area contributed by atoms with Crippen molar-refractivity contribution < 1.29 is 4.74 Å². The Bertz CT molecular complexity index is 444. The van der Waals surface area contributed by atoms with Crippen LogP contribution in [-0.4, -0.2) is 47.3 Å². The topological polar surface area (TPSA) is 63.2 Å². The number of nitrogens with one attached hydrogen (secondary N) is 1. The average molecular weight is 286 g/mol. The molecule has 2 rings (SSSR count). The molecule has 2 heterocycles. The van der Waals surface area contributed by atoms with Gasteiger partial charge in [-0.25, -0.2) is 0 Å². The van der Waals surface area contributed by atoms with Crippen LogP contribution in [0.25, 0.3) is 0 Å². The summed E-state index contributed by atoms with van der Waals surface area (Å²) in [5.74, 6) is 1.13. The lowest BCUT2D eigenvalue weighted by Gasteiger charge is -2.39. The molecule has 6 nitrogen and oxygen atoms in total. The zero-order valence-electron chi connectivity index (χ0n) is 11.6. The van der Waals surface area contributed by atoms with Crippen LogP contribution in [-0.2, 0) is 4.74 Å². The first-order valence-corrected chi connectivity index (χ1v) is 6.89. The van der Waals surface area contributed by atoms with Gasteiger partial charge in [0.2, 0.25) is 17.2 Å². The maximum absolute atomic E-state index is 5.95. The molecule has 0 aliphatic carbocycles. The minimum atomic E-state index is -0.157. The molecule has 1 N–H and O–H groups in total. The summed E-state index contributed by atoms with van der Waals surface area (Å²) in [7, 11) is 1.74. The lowest BCUT2D eigenvalue weighted by atomic mass is 9.95. The van der Waals surface area contributed by atoms with Crippen LogP contribution >= 0.6 is 11.6 Å². The minimum absolute atomic E-state index is 0.157. The molecule has 1 aromatic rings. The molecular formula is C12H20ClN5O. The third-order valence-corrected chi connectivity index (χ3v) is 3.53. The molecule has 1 aliphatic rings. The number of hydrogen-bond donors (Lipinski definition) is 1. The van der Waals surface area contributed by atoms with Gasteiger partial charge in [0.1, 0.15) is 0 Å². The first-order chi connectivity index (χ1) is 9.06. The second-order valence-corrected chi connectivity index (χ2v) is 5.28. The van der Waals surface area contributed by atoms with Crippen LogP contribution < -0.4 is 10.2 Å². The van der Waals surface area contributed by atoms with Crippen molar-refractivity contribution in [3.8, 4) is 0 Å². The molecule has 19 heavy (non-hydrogen) atoms. The normalized spacial score (nSPS) is 23.5. The Morgan fingerprint density at radius 1 is 1.42 bits per heavy atom. The van der Waals surface area contributed by atoms with Crippen molar-refractivity contribution in [1.29, 1.82) is 0 Å². The van der Waals surface area contributed by atoms with Gasteiger partial charge >= 0.3 is 0 Å². The average Bonchev–Trinajstić information content (AvgIpc) is 2.38. The number of piperidine rings is 1. The van der Waals surface area contributed by atoms with E-state index in [0.29, 0.717) is 11.9 Å². The van der Waals surface area contributed by atoms with Crippen molar-refractivity contribution in [2.75, 3.05) is 37.0 Å². The van der Waals surface area contributed by atoms with Crippen LogP contribution in [0, 0.1) is 0 Å². The Hall–Kier alpha value is -1.14. The highest BCUT2D eigenvalue weighted by atomic mass is 35.5. The van der Waals surface area contributed by atoms with E-state index in [9.17, 15) is 0 Å². The molecule has 1 aliphatic heterocycles. The molecule has 0 bridgehead atoms. The van der Waals surface area contributed by atoms with Gasteiger partial charge in [-0.1, -0.05) is 0 Å². The van der Waals surface area contributed by atoms with Gasteiger partial charge in [0.25, 0.3) is 0 Å². The molecule has 106 valence electrons. The fourth-order valence-corrected chi connectivity index (χ4v) is 2.42. The number of hydrogen-bond acceptors (Lipinski definition) is 6. The lowest BCUT2D eigenvalue weighted by molar-refractivity contribution is -0.00499. The zero-order valence-corrected chi connectivity index (χ0v) is 12.4. The van der Waals surface area contributed by atoms with Crippen LogP contribution in [0.1, 0.15) is 26.7 Å². The molecule has 1 aromatic heterocycles. The van der Waals surface area contributed by atoms with E-state index in [0.717, 1.165) is 32.5 Å². The van der Waals surface area contributed by atoms with Crippen molar-refractivity contribution >= 4 is 23.5 Å². The van der Waals surface area contributed by atoms with Crippen molar-refractivity contribution in [3.63, 3.8) is 0 Å². The summed E-state index contributed by atoms with van der Waals surface area (Å²) in [4.78, 5) is 14.8. The predicted octanol–water partition coefficient (Wildman–Crippen LogP) is 1.96. The monoisotopic (exact) mass is 285 g/mol. The van der Waals surface area contributed by atoms with E-state index in [4.69, 9.17) is 16.3 Å². The Labute approximate surface area is 118 Å². The van der Waals surface area contributed by atoms with Crippen molar-refractivity contribution in [3.05, 3.63) is 5.28 Å². The number of nitrogens with zero attached hydrogens (tertiary/aromatic N) is 4. The van der Waals surface area contributed by atoms with Gasteiger partial charge in [-0.05, 0) is 38.3 Å². The van der Waals surface area contributed by atoms with Crippen LogP contribution in [0.15, 0.2) is 0 Å². The van der Waals surface area contributed by atoms with E-state index in [1.807, 2.05) is 6.92 Å². The smallest absolute Gasteiger partial charge is 0.231 e. The third kappa shape index (κ3) is 3.45. The Kier molecular flexibility index (Phi) is 4.42. The molecule has 1 unspecified atom stereocenters. The molecule has 7 heteroatoms. The van der Waals surface area contributed by atoms with E-state index >= 15 is 0 Å². The summed E-state index contributed by atoms with van der Waals surface area (Å²) in [6.07, 6.45) is 2.09. The van der Waals surface area contributed by atoms with Gasteiger partial charge < -0.3 is 15.0 Å². The molecule has 1 atom stereocenters. The molecule has 0 aromatic carbocycles. The third-order valence-electron chi connectivity index (χ3n) is 3.37. The summed E-state index contributed by atoms with van der Waals surface area (Å²) >= 11 is 5.95. The van der Waals surface area contributed by atoms with Crippen LogP contribution in [0.2, 0.25) is 5.28 Å². The first kappa shape index (κ1) is 14.3. The van der Waals surface area contributed by atoms with Crippen molar-refractivity contribution in [2.45, 2.75) is 32.3 Å². The number of anilines is 2. The van der Waals surface area contributed by atoms with E-state index in [1.54, 1.807) is 7.11 Å². The zero-order chi connectivity index (χ0) is 13.9. The van der Waals surface area contributed by atoms with Gasteiger partial charge in [-0.2, -0.15) is 15.0 Å². The minimum Gasteiger partial charge on any atom is -0.377 e. The Balaban J connectivity index is 2.21. The second-order valence-electron chi connectivity index (χ2n) is 4.94. The summed E-state index contributed by atoms with van der Waals surface area (Å²) in [5, 5.41) is 3.27. The van der Waals surface area contributed by atoms with Gasteiger partial charge in [-0.15, -0.1) is 0 Å². The molecule has 0 spiro atoms. The Morgan fingerprint density at radius 3 is 2.89 bits per heavy atom. The lowest BCUT2D eigenvalue weighted by Crippen LogP contribution is -2.48. The SMILES string of the molecule is CCNc1nc(Cl)nc(N2CCCC(C)(OC)C2)n1. The van der Waals surface area contributed by atoms with Gasteiger partial charge in [0.15, 0.2) is 0 Å². The van der Waals surface area contributed by atoms with E-state index in [-0.39, 0.29) is 10.9 Å². The Morgan fingerprint density at radius 2 is 2.21 bits per heavy atom. The van der Waals surface area contributed by atoms with Gasteiger partial charge in [0, 0.05) is 26.7 Å². The maximum atomic E-state index is 5.95. The number of aromatic nitrogens is 3. The highest BCUT2D eigenvalue weighted by Gasteiger charge is 2.32. The van der Waals surface area contributed by atoms with E-state index < -0.39 is 0 Å². The fourth-order valence-electron chi connectivity index (χ4n) is 2.26. The van der Waals surface area contributed by atoms with Crippen molar-refractivity contribution in [1.82, 2.24) is 15.0 Å². The summed E-state index contributed by atoms with van der Waals surface area (Å²) in [6.45, 7) is 6.50. The molecule has 1 fully saturated rings. The highest BCUT2D eigenvalue weighted by Crippen LogP contribution is 2.26. The second kappa shape index (κ2) is 5.88. The largest absolute Gasteiger partial charge is 0.377 e. The maximum Gasteiger partial charge on any atom is 0.231 e. The van der Waals surface area contributed by atoms with E-state index in [2.05, 4.69) is 32.1 Å². The summed E-state index contributed by atoms with van der Waals surface area (Å²) in [5.41, 5.74) is -0.157. The molecular weight excluding hydrogens is 266 g/mol. The molecule has 1 saturated heterocycles.